The van der Waals surface area contributed by atoms with E-state index < -0.39 is 6.10 Å². The molecule has 4 rings (SSSR count). The highest BCUT2D eigenvalue weighted by Crippen LogP contribution is 2.22. The van der Waals surface area contributed by atoms with Gasteiger partial charge in [0.1, 0.15) is 11.9 Å². The molecule has 3 heterocycles. The largest absolute Gasteiger partial charge is 0.497 e. The highest BCUT2D eigenvalue weighted by atomic mass is 32.1. The SMILES string of the molecule is COc1ccc2[nH]c(=O)c(CN(Cc3cccs3)C(=O)[C@H]3CCCO3)cc2c1. The fourth-order valence-electron chi connectivity index (χ4n) is 3.46. The minimum Gasteiger partial charge on any atom is -0.497 e. The smallest absolute Gasteiger partial charge is 0.253 e. The van der Waals surface area contributed by atoms with Crippen LogP contribution in [0.5, 0.6) is 5.75 Å². The lowest BCUT2D eigenvalue weighted by molar-refractivity contribution is -0.142. The van der Waals surface area contributed by atoms with Crippen molar-refractivity contribution in [1.29, 1.82) is 0 Å². The molecule has 1 aliphatic rings. The fraction of sp³-hybridized carbons (Fsp3) is 0.333. The minimum atomic E-state index is -0.417. The summed E-state index contributed by atoms with van der Waals surface area (Å²) in [5, 5.41) is 2.86. The molecule has 1 aliphatic heterocycles. The number of methoxy groups -OCH3 is 1. The van der Waals surface area contributed by atoms with Gasteiger partial charge in [-0.25, -0.2) is 0 Å². The second-order valence-electron chi connectivity index (χ2n) is 6.85. The van der Waals surface area contributed by atoms with Crippen molar-refractivity contribution in [2.75, 3.05) is 13.7 Å². The lowest BCUT2D eigenvalue weighted by atomic mass is 10.1. The number of benzene rings is 1. The van der Waals surface area contributed by atoms with Gasteiger partial charge in [-0.2, -0.15) is 0 Å². The van der Waals surface area contributed by atoms with Gasteiger partial charge in [0.05, 0.1) is 20.2 Å². The zero-order valence-corrected chi connectivity index (χ0v) is 16.5. The number of carbonyl (C=O) groups excluding carboxylic acids is 1. The first-order valence-electron chi connectivity index (χ1n) is 9.27. The maximum Gasteiger partial charge on any atom is 0.253 e. The number of nitrogens with one attached hydrogen (secondary N) is 1. The van der Waals surface area contributed by atoms with Crippen molar-refractivity contribution in [2.45, 2.75) is 32.0 Å². The summed E-state index contributed by atoms with van der Waals surface area (Å²) in [4.78, 5) is 31.3. The number of aromatic amines is 1. The fourth-order valence-corrected chi connectivity index (χ4v) is 4.18. The monoisotopic (exact) mass is 398 g/mol. The van der Waals surface area contributed by atoms with Crippen molar-refractivity contribution in [3.05, 3.63) is 62.6 Å². The molecule has 1 aromatic carbocycles. The number of nitrogens with zero attached hydrogens (tertiary/aromatic N) is 1. The third-order valence-electron chi connectivity index (χ3n) is 4.93. The molecular formula is C21H22N2O4S. The van der Waals surface area contributed by atoms with Gasteiger partial charge in [-0.15, -0.1) is 11.3 Å². The van der Waals surface area contributed by atoms with E-state index in [0.29, 0.717) is 18.7 Å². The first-order chi connectivity index (χ1) is 13.6. The number of fused-ring (bicyclic) bond motifs is 1. The molecule has 0 bridgehead atoms. The summed E-state index contributed by atoms with van der Waals surface area (Å²) in [5.41, 5.74) is 1.10. The van der Waals surface area contributed by atoms with Crippen molar-refractivity contribution in [3.63, 3.8) is 0 Å². The van der Waals surface area contributed by atoms with Crippen LogP contribution in [0.3, 0.4) is 0 Å². The van der Waals surface area contributed by atoms with Crippen LogP contribution in [0, 0.1) is 0 Å². The summed E-state index contributed by atoms with van der Waals surface area (Å²) in [5.74, 6) is 0.660. The molecule has 146 valence electrons. The van der Waals surface area contributed by atoms with Crippen LogP contribution in [0.1, 0.15) is 23.3 Å². The van der Waals surface area contributed by atoms with E-state index in [1.807, 2.05) is 41.8 Å². The highest BCUT2D eigenvalue weighted by molar-refractivity contribution is 7.09. The Balaban J connectivity index is 1.65. The number of amides is 1. The molecule has 6 nitrogen and oxygen atoms in total. The third-order valence-corrected chi connectivity index (χ3v) is 5.79. The second kappa shape index (κ2) is 8.16. The Hall–Kier alpha value is -2.64. The van der Waals surface area contributed by atoms with E-state index in [0.717, 1.165) is 34.4 Å². The van der Waals surface area contributed by atoms with Gasteiger partial charge in [0.25, 0.3) is 11.5 Å². The van der Waals surface area contributed by atoms with Crippen molar-refractivity contribution in [1.82, 2.24) is 9.88 Å². The predicted octanol–water partition coefficient (Wildman–Crippen LogP) is 3.31. The average Bonchev–Trinajstić information content (AvgIpc) is 3.41. The lowest BCUT2D eigenvalue weighted by Crippen LogP contribution is -2.39. The maximum absolute atomic E-state index is 13.0. The Labute approximate surface area is 166 Å². The van der Waals surface area contributed by atoms with E-state index in [2.05, 4.69) is 4.98 Å². The Bertz CT molecular complexity index is 1020. The maximum atomic E-state index is 13.0. The molecule has 0 unspecified atom stereocenters. The van der Waals surface area contributed by atoms with Gasteiger partial charge >= 0.3 is 0 Å². The van der Waals surface area contributed by atoms with Crippen LogP contribution < -0.4 is 10.3 Å². The van der Waals surface area contributed by atoms with Crippen molar-refractivity contribution in [3.8, 4) is 5.75 Å². The van der Waals surface area contributed by atoms with Crippen LogP contribution in [0.4, 0.5) is 0 Å². The number of hydrogen-bond donors (Lipinski definition) is 1. The first kappa shape index (κ1) is 18.7. The van der Waals surface area contributed by atoms with Crippen molar-refractivity contribution in [2.24, 2.45) is 0 Å². The van der Waals surface area contributed by atoms with Crippen LogP contribution in [0.2, 0.25) is 0 Å². The van der Waals surface area contributed by atoms with Gasteiger partial charge in [-0.05, 0) is 48.6 Å². The van der Waals surface area contributed by atoms with Crippen LogP contribution in [-0.4, -0.2) is 35.6 Å². The van der Waals surface area contributed by atoms with Gasteiger partial charge in [-0.3, -0.25) is 9.59 Å². The van der Waals surface area contributed by atoms with Crippen molar-refractivity contribution < 1.29 is 14.3 Å². The normalized spacial score (nSPS) is 16.4. The summed E-state index contributed by atoms with van der Waals surface area (Å²) in [6.45, 7) is 1.31. The van der Waals surface area contributed by atoms with Gasteiger partial charge < -0.3 is 19.4 Å². The molecule has 28 heavy (non-hydrogen) atoms. The number of pyridine rings is 1. The number of H-pyrrole nitrogens is 1. The standard InChI is InChI=1S/C21H22N2O4S/c1-26-16-6-7-18-14(11-16)10-15(20(24)22-18)12-23(13-17-4-3-9-28-17)21(25)19-5-2-8-27-19/h3-4,6-7,9-11,19H,2,5,8,12-13H2,1H3,(H,22,24)/t19-/m1/s1. The molecule has 1 N–H and O–H groups in total. The van der Waals surface area contributed by atoms with Gasteiger partial charge in [0.2, 0.25) is 0 Å². The lowest BCUT2D eigenvalue weighted by Gasteiger charge is -2.25. The number of aromatic nitrogens is 1. The Morgan fingerprint density at radius 2 is 2.21 bits per heavy atom. The van der Waals surface area contributed by atoms with E-state index in [1.54, 1.807) is 23.3 Å². The topological polar surface area (TPSA) is 71.6 Å². The number of thiophene rings is 1. The molecule has 3 aromatic rings. The molecule has 0 radical (unpaired) electrons. The summed E-state index contributed by atoms with van der Waals surface area (Å²) < 4.78 is 10.9. The zero-order chi connectivity index (χ0) is 19.5. The van der Waals surface area contributed by atoms with E-state index >= 15 is 0 Å². The van der Waals surface area contributed by atoms with Crippen LogP contribution in [-0.2, 0) is 22.6 Å². The zero-order valence-electron chi connectivity index (χ0n) is 15.6. The summed E-state index contributed by atoms with van der Waals surface area (Å²) in [7, 11) is 1.61. The van der Waals surface area contributed by atoms with Crippen molar-refractivity contribution >= 4 is 28.1 Å². The molecule has 1 fully saturated rings. The predicted molar refractivity (Wildman–Crippen MR) is 109 cm³/mol. The number of carbonyl (C=O) groups is 1. The molecule has 0 saturated carbocycles. The molecule has 0 spiro atoms. The highest BCUT2D eigenvalue weighted by Gasteiger charge is 2.29. The van der Waals surface area contributed by atoms with E-state index in [4.69, 9.17) is 9.47 Å². The molecule has 1 saturated heterocycles. The molecule has 0 aliphatic carbocycles. The Kier molecular flexibility index (Phi) is 5.45. The van der Waals surface area contributed by atoms with Crippen LogP contribution in [0.25, 0.3) is 10.9 Å². The molecule has 7 heteroatoms. The van der Waals surface area contributed by atoms with Gasteiger partial charge in [0.15, 0.2) is 0 Å². The Morgan fingerprint density at radius 1 is 1.32 bits per heavy atom. The van der Waals surface area contributed by atoms with E-state index in [1.165, 1.54) is 0 Å². The third kappa shape index (κ3) is 3.95. The van der Waals surface area contributed by atoms with Gasteiger partial charge in [0, 0.05) is 28.0 Å². The Morgan fingerprint density at radius 3 is 2.93 bits per heavy atom. The molecular weight excluding hydrogens is 376 g/mol. The first-order valence-corrected chi connectivity index (χ1v) is 10.1. The summed E-state index contributed by atoms with van der Waals surface area (Å²) in [6.07, 6.45) is 1.20. The molecule has 1 amide bonds. The number of hydrogen-bond acceptors (Lipinski definition) is 5. The number of rotatable bonds is 6. The minimum absolute atomic E-state index is 0.0592. The number of ether oxygens (including phenoxy) is 2. The van der Waals surface area contributed by atoms with E-state index in [9.17, 15) is 9.59 Å². The molecule has 2 aromatic heterocycles. The van der Waals surface area contributed by atoms with Crippen LogP contribution in [0.15, 0.2) is 46.6 Å². The quantitative estimate of drug-likeness (QED) is 0.692. The average molecular weight is 398 g/mol. The van der Waals surface area contributed by atoms with Gasteiger partial charge in [-0.1, -0.05) is 6.07 Å². The summed E-state index contributed by atoms with van der Waals surface area (Å²) in [6, 6.07) is 11.3. The molecule has 1 atom stereocenters. The van der Waals surface area contributed by atoms with E-state index in [-0.39, 0.29) is 18.0 Å². The van der Waals surface area contributed by atoms with Crippen LogP contribution >= 0.6 is 11.3 Å². The summed E-state index contributed by atoms with van der Waals surface area (Å²) >= 11 is 1.60. The second-order valence-corrected chi connectivity index (χ2v) is 7.88.